The maximum absolute atomic E-state index is 12.2. The zero-order chi connectivity index (χ0) is 18.4. The number of benzene rings is 2. The van der Waals surface area contributed by atoms with Crippen LogP contribution in [-0.4, -0.2) is 26.8 Å². The summed E-state index contributed by atoms with van der Waals surface area (Å²) in [7, 11) is 0. The topological polar surface area (TPSA) is 70.7 Å². The number of anilines is 1. The fraction of sp³-hybridized carbons (Fsp3) is 0.150. The van der Waals surface area contributed by atoms with Gasteiger partial charge in [-0.1, -0.05) is 60.3 Å². The van der Waals surface area contributed by atoms with Crippen LogP contribution in [0, 0.1) is 13.8 Å². The average molecular weight is 364 g/mol. The van der Waals surface area contributed by atoms with Crippen LogP contribution in [-0.2, 0) is 4.79 Å². The van der Waals surface area contributed by atoms with E-state index in [9.17, 15) is 4.79 Å². The van der Waals surface area contributed by atoms with Crippen LogP contribution in [0.5, 0.6) is 0 Å². The molecule has 1 amide bonds. The number of nitrogens with zero attached hydrogens (tertiary/aromatic N) is 2. The van der Waals surface area contributed by atoms with Crippen LogP contribution in [0.25, 0.3) is 12.2 Å². The van der Waals surface area contributed by atoms with Crippen molar-refractivity contribution >= 4 is 35.5 Å². The molecule has 0 fully saturated rings. The standard InChI is InChI=1S/C20H20N4OS/c1-14-7-6-10-17(15(14)2)21-19(25)13-26-20-22-18(23-24-20)12-11-16-8-4-3-5-9-16/h3-12H,13H2,1-2H3,(H,21,25)(H,22,23,24)/b12-11+. The van der Waals surface area contributed by atoms with Crippen molar-refractivity contribution in [1.82, 2.24) is 15.2 Å². The molecule has 132 valence electrons. The molecular weight excluding hydrogens is 344 g/mol. The minimum atomic E-state index is -0.0742. The summed E-state index contributed by atoms with van der Waals surface area (Å²) in [4.78, 5) is 16.5. The minimum absolute atomic E-state index is 0.0742. The molecule has 0 bridgehead atoms. The lowest BCUT2D eigenvalue weighted by Crippen LogP contribution is -2.15. The molecule has 6 heteroatoms. The smallest absolute Gasteiger partial charge is 0.234 e. The average Bonchev–Trinajstić information content (AvgIpc) is 3.11. The van der Waals surface area contributed by atoms with Crippen molar-refractivity contribution < 1.29 is 4.79 Å². The Morgan fingerprint density at radius 2 is 1.92 bits per heavy atom. The Morgan fingerprint density at radius 1 is 1.12 bits per heavy atom. The molecule has 0 unspecified atom stereocenters. The van der Waals surface area contributed by atoms with Gasteiger partial charge >= 0.3 is 0 Å². The van der Waals surface area contributed by atoms with E-state index in [-0.39, 0.29) is 11.7 Å². The summed E-state index contributed by atoms with van der Waals surface area (Å²) in [6, 6.07) is 15.8. The van der Waals surface area contributed by atoms with Gasteiger partial charge in [0.1, 0.15) is 5.82 Å². The third-order valence-corrected chi connectivity index (χ3v) is 4.77. The lowest BCUT2D eigenvalue weighted by Gasteiger charge is -2.09. The fourth-order valence-electron chi connectivity index (χ4n) is 2.34. The van der Waals surface area contributed by atoms with Gasteiger partial charge in [-0.3, -0.25) is 9.89 Å². The SMILES string of the molecule is Cc1cccc(NC(=O)CSc2n[nH]c(/C=C/c3ccccc3)n2)c1C. The predicted molar refractivity (Wildman–Crippen MR) is 107 cm³/mol. The molecule has 5 nitrogen and oxygen atoms in total. The highest BCUT2D eigenvalue weighted by Crippen LogP contribution is 2.19. The molecule has 1 aromatic heterocycles. The molecule has 26 heavy (non-hydrogen) atoms. The molecule has 3 aromatic rings. The van der Waals surface area contributed by atoms with E-state index in [1.165, 1.54) is 11.8 Å². The highest BCUT2D eigenvalue weighted by atomic mass is 32.2. The van der Waals surface area contributed by atoms with Gasteiger partial charge in [-0.05, 0) is 42.7 Å². The molecule has 0 aliphatic rings. The summed E-state index contributed by atoms with van der Waals surface area (Å²) in [5, 5.41) is 10.5. The molecule has 0 atom stereocenters. The van der Waals surface area contributed by atoms with Crippen LogP contribution in [0.15, 0.2) is 53.7 Å². The van der Waals surface area contributed by atoms with E-state index in [0.717, 1.165) is 22.4 Å². The number of carbonyl (C=O) groups is 1. The zero-order valence-corrected chi connectivity index (χ0v) is 15.5. The Kier molecular flexibility index (Phi) is 5.86. The minimum Gasteiger partial charge on any atom is -0.325 e. The molecule has 2 aromatic carbocycles. The van der Waals surface area contributed by atoms with Gasteiger partial charge in [0.25, 0.3) is 0 Å². The van der Waals surface area contributed by atoms with Crippen molar-refractivity contribution in [2.24, 2.45) is 0 Å². The van der Waals surface area contributed by atoms with Crippen molar-refractivity contribution in [3.8, 4) is 0 Å². The van der Waals surface area contributed by atoms with Crippen molar-refractivity contribution in [3.05, 3.63) is 71.0 Å². The molecule has 0 aliphatic carbocycles. The maximum Gasteiger partial charge on any atom is 0.234 e. The van der Waals surface area contributed by atoms with Gasteiger partial charge in [0.2, 0.25) is 11.1 Å². The normalized spacial score (nSPS) is 11.0. The lowest BCUT2D eigenvalue weighted by atomic mass is 10.1. The first-order chi connectivity index (χ1) is 12.6. The number of thioether (sulfide) groups is 1. The first-order valence-corrected chi connectivity index (χ1v) is 9.25. The number of aromatic nitrogens is 3. The monoisotopic (exact) mass is 364 g/mol. The molecule has 1 heterocycles. The van der Waals surface area contributed by atoms with Gasteiger partial charge in [-0.25, -0.2) is 4.98 Å². The zero-order valence-electron chi connectivity index (χ0n) is 14.7. The molecule has 0 aliphatic heterocycles. The molecular formula is C20H20N4OS. The van der Waals surface area contributed by atoms with Gasteiger partial charge < -0.3 is 5.32 Å². The Balaban J connectivity index is 1.54. The number of rotatable bonds is 6. The number of aryl methyl sites for hydroxylation is 1. The maximum atomic E-state index is 12.2. The summed E-state index contributed by atoms with van der Waals surface area (Å²) in [5.74, 6) is 0.841. The number of aromatic amines is 1. The summed E-state index contributed by atoms with van der Waals surface area (Å²) in [6.45, 7) is 4.02. The second kappa shape index (κ2) is 8.49. The summed E-state index contributed by atoms with van der Waals surface area (Å²) in [5.41, 5.74) is 4.17. The van der Waals surface area contributed by atoms with E-state index >= 15 is 0 Å². The summed E-state index contributed by atoms with van der Waals surface area (Å²) in [6.07, 6.45) is 3.82. The Bertz CT molecular complexity index is 919. The van der Waals surface area contributed by atoms with Gasteiger partial charge in [-0.2, -0.15) is 0 Å². The first kappa shape index (κ1) is 17.9. The van der Waals surface area contributed by atoms with Crippen molar-refractivity contribution in [1.29, 1.82) is 0 Å². The van der Waals surface area contributed by atoms with E-state index in [0.29, 0.717) is 11.0 Å². The molecule has 2 N–H and O–H groups in total. The Labute approximate surface area is 156 Å². The van der Waals surface area contributed by atoms with Gasteiger partial charge in [0.05, 0.1) is 5.75 Å². The van der Waals surface area contributed by atoms with E-state index in [1.807, 2.05) is 74.5 Å². The van der Waals surface area contributed by atoms with Crippen LogP contribution < -0.4 is 5.32 Å². The van der Waals surface area contributed by atoms with Crippen LogP contribution in [0.2, 0.25) is 0 Å². The number of nitrogens with one attached hydrogen (secondary N) is 2. The van der Waals surface area contributed by atoms with Crippen molar-refractivity contribution in [3.63, 3.8) is 0 Å². The summed E-state index contributed by atoms with van der Waals surface area (Å²) < 4.78 is 0. The lowest BCUT2D eigenvalue weighted by molar-refractivity contribution is -0.113. The number of hydrogen-bond donors (Lipinski definition) is 2. The van der Waals surface area contributed by atoms with Crippen LogP contribution >= 0.6 is 11.8 Å². The van der Waals surface area contributed by atoms with Crippen molar-refractivity contribution in [2.45, 2.75) is 19.0 Å². The molecule has 0 spiro atoms. The quantitative estimate of drug-likeness (QED) is 0.639. The summed E-state index contributed by atoms with van der Waals surface area (Å²) >= 11 is 1.30. The van der Waals surface area contributed by atoms with E-state index in [1.54, 1.807) is 0 Å². The Morgan fingerprint density at radius 3 is 2.73 bits per heavy atom. The largest absolute Gasteiger partial charge is 0.325 e. The molecule has 0 radical (unpaired) electrons. The van der Waals surface area contributed by atoms with Crippen LogP contribution in [0.3, 0.4) is 0 Å². The van der Waals surface area contributed by atoms with E-state index in [2.05, 4.69) is 20.5 Å². The molecule has 0 saturated carbocycles. The molecule has 0 saturated heterocycles. The van der Waals surface area contributed by atoms with Gasteiger partial charge in [0, 0.05) is 5.69 Å². The third kappa shape index (κ3) is 4.83. The second-order valence-electron chi connectivity index (χ2n) is 5.83. The highest BCUT2D eigenvalue weighted by molar-refractivity contribution is 7.99. The number of carbonyl (C=O) groups excluding carboxylic acids is 1. The second-order valence-corrected chi connectivity index (χ2v) is 6.77. The number of amides is 1. The van der Waals surface area contributed by atoms with Gasteiger partial charge in [0.15, 0.2) is 0 Å². The number of H-pyrrole nitrogens is 1. The van der Waals surface area contributed by atoms with Crippen LogP contribution in [0.1, 0.15) is 22.5 Å². The number of hydrogen-bond acceptors (Lipinski definition) is 4. The van der Waals surface area contributed by atoms with Crippen LogP contribution in [0.4, 0.5) is 5.69 Å². The van der Waals surface area contributed by atoms with Crippen molar-refractivity contribution in [2.75, 3.05) is 11.1 Å². The highest BCUT2D eigenvalue weighted by Gasteiger charge is 2.09. The third-order valence-electron chi connectivity index (χ3n) is 3.93. The van der Waals surface area contributed by atoms with E-state index < -0.39 is 0 Å². The van der Waals surface area contributed by atoms with Gasteiger partial charge in [-0.15, -0.1) is 5.10 Å². The predicted octanol–water partition coefficient (Wildman–Crippen LogP) is 4.32. The van der Waals surface area contributed by atoms with E-state index in [4.69, 9.17) is 0 Å². The fourth-order valence-corrected chi connectivity index (χ4v) is 2.94. The Hall–Kier alpha value is -2.86. The molecule has 3 rings (SSSR count). The first-order valence-electron chi connectivity index (χ1n) is 8.26.